The van der Waals surface area contributed by atoms with Crippen molar-refractivity contribution in [1.29, 1.82) is 0 Å². The number of hydrogen-bond donors (Lipinski definition) is 1. The first-order chi connectivity index (χ1) is 14.1. The highest BCUT2D eigenvalue weighted by Gasteiger charge is 2.46. The summed E-state index contributed by atoms with van der Waals surface area (Å²) in [4.78, 5) is 27.3. The van der Waals surface area contributed by atoms with Crippen molar-refractivity contribution >= 4 is 29.1 Å². The van der Waals surface area contributed by atoms with Crippen molar-refractivity contribution in [3.8, 4) is 0 Å². The van der Waals surface area contributed by atoms with E-state index in [0.29, 0.717) is 16.1 Å². The van der Waals surface area contributed by atoms with E-state index in [4.69, 9.17) is 11.6 Å². The fourth-order valence-corrected chi connectivity index (χ4v) is 3.69. The Morgan fingerprint density at radius 2 is 1.45 bits per heavy atom. The summed E-state index contributed by atoms with van der Waals surface area (Å²) < 4.78 is 0. The van der Waals surface area contributed by atoms with E-state index in [0.717, 1.165) is 5.56 Å². The van der Waals surface area contributed by atoms with Gasteiger partial charge in [-0.05, 0) is 23.3 Å². The number of benzene rings is 3. The summed E-state index contributed by atoms with van der Waals surface area (Å²) in [5, 5.41) is 11.5. The van der Waals surface area contributed by atoms with Crippen LogP contribution in [0.15, 0.2) is 90.5 Å². The van der Waals surface area contributed by atoms with Crippen LogP contribution in [-0.2, 0) is 16.1 Å². The van der Waals surface area contributed by atoms with Crippen LogP contribution in [0.5, 0.6) is 0 Å². The number of aliphatic hydroxyl groups excluding tert-OH is 1. The minimum absolute atomic E-state index is 0.0828. The number of halogens is 1. The normalized spacial score (nSPS) is 18.2. The van der Waals surface area contributed by atoms with Gasteiger partial charge in [-0.25, -0.2) is 0 Å². The molecular formula is C24H18ClNO3. The van der Waals surface area contributed by atoms with Crippen LogP contribution < -0.4 is 0 Å². The first kappa shape index (κ1) is 19.0. The third-order valence-electron chi connectivity index (χ3n) is 4.97. The molecule has 0 radical (unpaired) electrons. The summed E-state index contributed by atoms with van der Waals surface area (Å²) >= 11 is 6.03. The number of ketones is 1. The smallest absolute Gasteiger partial charge is 0.295 e. The van der Waals surface area contributed by atoms with Gasteiger partial charge in [-0.15, -0.1) is 0 Å². The molecule has 29 heavy (non-hydrogen) atoms. The lowest BCUT2D eigenvalue weighted by atomic mass is 9.95. The van der Waals surface area contributed by atoms with Gasteiger partial charge in [-0.2, -0.15) is 0 Å². The summed E-state index contributed by atoms with van der Waals surface area (Å²) in [5.74, 6) is -1.51. The van der Waals surface area contributed by atoms with Gasteiger partial charge in [0.1, 0.15) is 5.76 Å². The van der Waals surface area contributed by atoms with Crippen molar-refractivity contribution in [2.45, 2.75) is 12.6 Å². The van der Waals surface area contributed by atoms with Crippen LogP contribution in [0.1, 0.15) is 22.7 Å². The molecule has 0 aromatic heterocycles. The van der Waals surface area contributed by atoms with Gasteiger partial charge in [-0.3, -0.25) is 9.59 Å². The van der Waals surface area contributed by atoms with Gasteiger partial charge in [0, 0.05) is 17.1 Å². The molecule has 1 unspecified atom stereocenters. The van der Waals surface area contributed by atoms with E-state index in [1.54, 1.807) is 48.5 Å². The molecule has 0 saturated carbocycles. The molecule has 4 nitrogen and oxygen atoms in total. The van der Waals surface area contributed by atoms with Crippen molar-refractivity contribution < 1.29 is 14.7 Å². The number of hydrogen-bond acceptors (Lipinski definition) is 3. The Morgan fingerprint density at radius 1 is 0.862 bits per heavy atom. The van der Waals surface area contributed by atoms with Gasteiger partial charge >= 0.3 is 0 Å². The molecule has 4 rings (SSSR count). The quantitative estimate of drug-likeness (QED) is 0.380. The molecule has 0 bridgehead atoms. The number of nitrogens with zero attached hydrogens (tertiary/aromatic N) is 1. The van der Waals surface area contributed by atoms with Gasteiger partial charge < -0.3 is 10.0 Å². The minimum Gasteiger partial charge on any atom is -0.507 e. The van der Waals surface area contributed by atoms with Crippen molar-refractivity contribution in [3.63, 3.8) is 0 Å². The van der Waals surface area contributed by atoms with Gasteiger partial charge in [0.15, 0.2) is 0 Å². The zero-order chi connectivity index (χ0) is 20.4. The van der Waals surface area contributed by atoms with Crippen LogP contribution in [-0.4, -0.2) is 21.7 Å². The molecule has 1 amide bonds. The Kier molecular flexibility index (Phi) is 5.19. The first-order valence-corrected chi connectivity index (χ1v) is 9.57. The van der Waals surface area contributed by atoms with Gasteiger partial charge in [0.05, 0.1) is 11.6 Å². The second-order valence-electron chi connectivity index (χ2n) is 6.83. The van der Waals surface area contributed by atoms with E-state index in [-0.39, 0.29) is 17.9 Å². The summed E-state index contributed by atoms with van der Waals surface area (Å²) in [7, 11) is 0. The number of Topliss-reactive ketones (excluding diaryl/α,β-unsaturated/α-hetero) is 1. The van der Waals surface area contributed by atoms with Crippen LogP contribution in [0, 0.1) is 0 Å². The zero-order valence-electron chi connectivity index (χ0n) is 15.5. The van der Waals surface area contributed by atoms with E-state index < -0.39 is 17.7 Å². The molecule has 1 aliphatic heterocycles. The predicted octanol–water partition coefficient (Wildman–Crippen LogP) is 4.96. The second kappa shape index (κ2) is 7.94. The van der Waals surface area contributed by atoms with Crippen LogP contribution in [0.2, 0.25) is 5.02 Å². The minimum atomic E-state index is -0.701. The van der Waals surface area contributed by atoms with Gasteiger partial charge in [-0.1, -0.05) is 84.4 Å². The van der Waals surface area contributed by atoms with Crippen LogP contribution in [0.3, 0.4) is 0 Å². The standard InChI is InChI=1S/C24H18ClNO3/c25-19-13-11-17(12-14-19)21-20(22(27)18-9-5-2-6-10-18)23(28)24(29)26(21)15-16-7-3-1-4-8-16/h1-14,21,27H,15H2/b22-20+. The van der Waals surface area contributed by atoms with Crippen molar-refractivity contribution in [2.75, 3.05) is 0 Å². The molecule has 1 saturated heterocycles. The molecule has 5 heteroatoms. The molecule has 3 aromatic carbocycles. The third kappa shape index (κ3) is 3.67. The average molecular weight is 404 g/mol. The predicted molar refractivity (Wildman–Crippen MR) is 112 cm³/mol. The van der Waals surface area contributed by atoms with Crippen LogP contribution >= 0.6 is 11.6 Å². The number of carbonyl (C=O) groups is 2. The zero-order valence-corrected chi connectivity index (χ0v) is 16.2. The molecule has 0 spiro atoms. The lowest BCUT2D eigenvalue weighted by Crippen LogP contribution is -2.29. The van der Waals surface area contributed by atoms with Crippen molar-refractivity contribution in [3.05, 3.63) is 112 Å². The second-order valence-corrected chi connectivity index (χ2v) is 7.27. The molecule has 1 fully saturated rings. The highest BCUT2D eigenvalue weighted by molar-refractivity contribution is 6.46. The van der Waals surface area contributed by atoms with Gasteiger partial charge in [0.2, 0.25) is 0 Å². The summed E-state index contributed by atoms with van der Waals surface area (Å²) in [5.41, 5.74) is 2.18. The highest BCUT2D eigenvalue weighted by Crippen LogP contribution is 2.40. The Morgan fingerprint density at radius 3 is 2.07 bits per heavy atom. The highest BCUT2D eigenvalue weighted by atomic mass is 35.5. The SMILES string of the molecule is O=C1C(=O)N(Cc2ccccc2)C(c2ccc(Cl)cc2)/C1=C(\O)c1ccccc1. The number of amides is 1. The number of aliphatic hydroxyl groups is 1. The summed E-state index contributed by atoms with van der Waals surface area (Å²) in [6.07, 6.45) is 0. The van der Waals surface area contributed by atoms with E-state index in [9.17, 15) is 14.7 Å². The van der Waals surface area contributed by atoms with E-state index in [1.165, 1.54) is 4.90 Å². The van der Waals surface area contributed by atoms with Crippen molar-refractivity contribution in [1.82, 2.24) is 4.90 Å². The number of carbonyl (C=O) groups excluding carboxylic acids is 2. The number of likely N-dealkylation sites (tertiary alicyclic amines) is 1. The van der Waals surface area contributed by atoms with E-state index in [2.05, 4.69) is 0 Å². The maximum Gasteiger partial charge on any atom is 0.295 e. The lowest BCUT2D eigenvalue weighted by Gasteiger charge is -2.25. The Hall–Kier alpha value is -3.37. The Bertz CT molecular complexity index is 1080. The lowest BCUT2D eigenvalue weighted by molar-refractivity contribution is -0.140. The molecule has 1 atom stereocenters. The number of rotatable bonds is 4. The summed E-state index contributed by atoms with van der Waals surface area (Å²) in [6.45, 7) is 0.254. The largest absolute Gasteiger partial charge is 0.507 e. The molecule has 3 aromatic rings. The van der Waals surface area contributed by atoms with Crippen LogP contribution in [0.4, 0.5) is 0 Å². The Balaban J connectivity index is 1.86. The summed E-state index contributed by atoms with van der Waals surface area (Å²) in [6, 6.07) is 24.5. The van der Waals surface area contributed by atoms with Gasteiger partial charge in [0.25, 0.3) is 11.7 Å². The fraction of sp³-hybridized carbons (Fsp3) is 0.0833. The van der Waals surface area contributed by atoms with E-state index >= 15 is 0 Å². The molecule has 1 aliphatic rings. The Labute approximate surface area is 173 Å². The molecular weight excluding hydrogens is 386 g/mol. The maximum absolute atomic E-state index is 12.9. The average Bonchev–Trinajstić information content (AvgIpc) is 3.00. The van der Waals surface area contributed by atoms with E-state index in [1.807, 2.05) is 36.4 Å². The first-order valence-electron chi connectivity index (χ1n) is 9.19. The molecule has 0 aliphatic carbocycles. The van der Waals surface area contributed by atoms with Crippen LogP contribution in [0.25, 0.3) is 5.76 Å². The maximum atomic E-state index is 12.9. The molecule has 144 valence electrons. The third-order valence-corrected chi connectivity index (χ3v) is 5.22. The fourth-order valence-electron chi connectivity index (χ4n) is 3.57. The topological polar surface area (TPSA) is 57.6 Å². The molecule has 1 heterocycles. The molecule has 1 N–H and O–H groups in total. The monoisotopic (exact) mass is 403 g/mol. The van der Waals surface area contributed by atoms with Crippen molar-refractivity contribution in [2.24, 2.45) is 0 Å².